The van der Waals surface area contributed by atoms with Gasteiger partial charge in [0.15, 0.2) is 0 Å². The molecule has 0 aliphatic carbocycles. The van der Waals surface area contributed by atoms with Crippen LogP contribution in [-0.4, -0.2) is 27.0 Å². The van der Waals surface area contributed by atoms with Gasteiger partial charge in [0.2, 0.25) is 5.78 Å². The van der Waals surface area contributed by atoms with E-state index in [1.165, 1.54) is 0 Å². The molecule has 0 spiro atoms. The van der Waals surface area contributed by atoms with E-state index < -0.39 is 0 Å². The lowest BCUT2D eigenvalue weighted by atomic mass is 10.1. The first-order valence-corrected chi connectivity index (χ1v) is 13.3. The Hall–Kier alpha value is -4.36. The number of hydrogen-bond donors (Lipinski definition) is 1. The predicted molar refractivity (Wildman–Crippen MR) is 156 cm³/mol. The van der Waals surface area contributed by atoms with Gasteiger partial charge in [0, 0.05) is 40.6 Å². The van der Waals surface area contributed by atoms with Crippen LogP contribution < -0.4 is 15.6 Å². The molecule has 0 saturated carbocycles. The van der Waals surface area contributed by atoms with Crippen molar-refractivity contribution in [2.45, 2.75) is 32.7 Å². The number of imidazole rings is 1. The van der Waals surface area contributed by atoms with E-state index in [2.05, 4.69) is 16.8 Å². The summed E-state index contributed by atoms with van der Waals surface area (Å²) in [5, 5.41) is 3.54. The summed E-state index contributed by atoms with van der Waals surface area (Å²) >= 11 is 6.06. The zero-order valence-electron chi connectivity index (χ0n) is 21.9. The molecule has 3 aromatic carbocycles. The van der Waals surface area contributed by atoms with Crippen molar-refractivity contribution in [3.63, 3.8) is 0 Å². The Morgan fingerprint density at radius 2 is 1.64 bits per heavy atom. The van der Waals surface area contributed by atoms with Crippen molar-refractivity contribution in [3.05, 3.63) is 106 Å². The summed E-state index contributed by atoms with van der Waals surface area (Å²) in [6, 6.07) is 23.5. The topological polar surface area (TPSA) is 77.6 Å². The van der Waals surface area contributed by atoms with E-state index in [0.29, 0.717) is 34.3 Å². The third-order valence-electron chi connectivity index (χ3n) is 6.63. The predicted octanol–water partition coefficient (Wildman–Crippen LogP) is 6.93. The van der Waals surface area contributed by atoms with E-state index in [1.807, 2.05) is 36.4 Å². The van der Waals surface area contributed by atoms with E-state index in [9.17, 15) is 9.59 Å². The molecule has 8 heteroatoms. The van der Waals surface area contributed by atoms with Gasteiger partial charge in [-0.1, -0.05) is 55.6 Å². The maximum atomic E-state index is 13.2. The third-order valence-corrected chi connectivity index (χ3v) is 6.89. The molecule has 0 aliphatic heterocycles. The number of hydrogen-bond acceptors (Lipinski definition) is 4. The smallest absolute Gasteiger partial charge is 0.259 e. The number of nitrogens with zero attached hydrogens (tertiary/aromatic N) is 3. The Kier molecular flexibility index (Phi) is 7.79. The number of benzene rings is 3. The van der Waals surface area contributed by atoms with Crippen LogP contribution in [0.3, 0.4) is 0 Å². The number of aromatic nitrogens is 3. The second-order valence-corrected chi connectivity index (χ2v) is 9.73. The quantitative estimate of drug-likeness (QED) is 0.205. The number of aryl methyl sites for hydroxylation is 1. The van der Waals surface area contributed by atoms with Gasteiger partial charge in [-0.15, -0.1) is 0 Å². The van der Waals surface area contributed by atoms with Gasteiger partial charge in [-0.05, 0) is 60.5 Å². The second-order valence-electron chi connectivity index (χ2n) is 9.29. The largest absolute Gasteiger partial charge is 0.497 e. The molecule has 0 fully saturated rings. The van der Waals surface area contributed by atoms with Gasteiger partial charge in [-0.25, -0.2) is 4.98 Å². The Morgan fingerprint density at radius 3 is 2.31 bits per heavy atom. The van der Waals surface area contributed by atoms with Gasteiger partial charge in [-0.3, -0.25) is 14.0 Å². The van der Waals surface area contributed by atoms with Crippen LogP contribution >= 0.6 is 11.6 Å². The van der Waals surface area contributed by atoms with Crippen LogP contribution in [0.2, 0.25) is 5.02 Å². The highest BCUT2D eigenvalue weighted by atomic mass is 35.5. The summed E-state index contributed by atoms with van der Waals surface area (Å²) in [4.78, 5) is 30.9. The minimum atomic E-state index is -0.219. The zero-order valence-corrected chi connectivity index (χ0v) is 22.6. The monoisotopic (exact) mass is 540 g/mol. The third kappa shape index (κ3) is 5.73. The number of halogens is 1. The molecular formula is C31H29ClN4O3. The molecule has 0 atom stereocenters. The molecule has 5 rings (SSSR count). The zero-order chi connectivity index (χ0) is 27.4. The second kappa shape index (κ2) is 11.6. The summed E-state index contributed by atoms with van der Waals surface area (Å²) in [5.41, 5.74) is 4.22. The number of anilines is 1. The van der Waals surface area contributed by atoms with Gasteiger partial charge in [0.25, 0.3) is 11.5 Å². The lowest BCUT2D eigenvalue weighted by molar-refractivity contribution is 0.102. The van der Waals surface area contributed by atoms with Crippen LogP contribution in [0.25, 0.3) is 28.3 Å². The first-order valence-electron chi connectivity index (χ1n) is 12.9. The molecule has 0 unspecified atom stereocenters. The van der Waals surface area contributed by atoms with Gasteiger partial charge in [0.1, 0.15) is 5.75 Å². The van der Waals surface area contributed by atoms with Crippen LogP contribution in [0.1, 0.15) is 36.5 Å². The number of amides is 1. The van der Waals surface area contributed by atoms with Crippen molar-refractivity contribution in [1.29, 1.82) is 0 Å². The fraction of sp³-hybridized carbons (Fsp3) is 0.194. The maximum absolute atomic E-state index is 13.2. The fourth-order valence-corrected chi connectivity index (χ4v) is 4.63. The van der Waals surface area contributed by atoms with E-state index in [-0.39, 0.29) is 11.5 Å². The molecule has 198 valence electrons. The summed E-state index contributed by atoms with van der Waals surface area (Å²) in [6.07, 6.45) is 4.86. The molecule has 1 N–H and O–H groups in total. The molecule has 7 nitrogen and oxygen atoms in total. The van der Waals surface area contributed by atoms with Gasteiger partial charge in [-0.2, -0.15) is 0 Å². The normalized spacial score (nSPS) is 11.1. The molecule has 2 aromatic heterocycles. The summed E-state index contributed by atoms with van der Waals surface area (Å²) in [5.74, 6) is 1.08. The molecule has 2 heterocycles. The first kappa shape index (κ1) is 26.3. The Balaban J connectivity index is 1.49. The molecular weight excluding hydrogens is 512 g/mol. The van der Waals surface area contributed by atoms with Gasteiger partial charge >= 0.3 is 0 Å². The molecule has 0 saturated heterocycles. The molecule has 39 heavy (non-hydrogen) atoms. The minimum Gasteiger partial charge on any atom is -0.497 e. The molecule has 1 amide bonds. The molecule has 5 aromatic rings. The van der Waals surface area contributed by atoms with E-state index in [0.717, 1.165) is 41.8 Å². The summed E-state index contributed by atoms with van der Waals surface area (Å²) in [7, 11) is 1.60. The molecule has 0 radical (unpaired) electrons. The maximum Gasteiger partial charge on any atom is 0.259 e. The average Bonchev–Trinajstić information content (AvgIpc) is 3.41. The SMILES string of the molecule is CCCCCn1c(-c2ccc(C(=O)Nc3ccc(OC)cc3)cc2)cc(=O)n2cc(-c3ccc(Cl)cc3)nc12. The number of carbonyl (C=O) groups excluding carboxylic acids is 1. The Morgan fingerprint density at radius 1 is 0.949 bits per heavy atom. The van der Waals surface area contributed by atoms with Crippen LogP contribution in [0.15, 0.2) is 89.9 Å². The number of rotatable bonds is 9. The van der Waals surface area contributed by atoms with Crippen LogP contribution in [0.5, 0.6) is 5.75 Å². The van der Waals surface area contributed by atoms with E-state index in [1.54, 1.807) is 60.2 Å². The standard InChI is InChI=1S/C31H29ClN4O3/c1-3-4-5-18-35-28(19-29(37)36-20-27(34-31(35)36)21-10-12-24(32)13-11-21)22-6-8-23(9-7-22)30(38)33-25-14-16-26(39-2)17-15-25/h6-17,19-20H,3-5,18H2,1-2H3,(H,33,38). The van der Waals surface area contributed by atoms with Crippen LogP contribution in [0.4, 0.5) is 5.69 Å². The number of nitrogens with one attached hydrogen (secondary N) is 1. The number of ether oxygens (including phenoxy) is 1. The highest BCUT2D eigenvalue weighted by molar-refractivity contribution is 6.30. The average molecular weight is 541 g/mol. The number of methoxy groups -OCH3 is 1. The Bertz CT molecular complexity index is 1650. The lowest BCUT2D eigenvalue weighted by Gasteiger charge is -2.15. The van der Waals surface area contributed by atoms with Crippen molar-refractivity contribution in [2.24, 2.45) is 0 Å². The number of carbonyl (C=O) groups is 1. The van der Waals surface area contributed by atoms with Gasteiger partial charge in [0.05, 0.1) is 18.5 Å². The molecule has 0 aliphatic rings. The van der Waals surface area contributed by atoms with Crippen molar-refractivity contribution in [1.82, 2.24) is 14.0 Å². The number of unbranched alkanes of at least 4 members (excludes halogenated alkanes) is 2. The van der Waals surface area contributed by atoms with Crippen molar-refractivity contribution in [3.8, 4) is 28.3 Å². The highest BCUT2D eigenvalue weighted by Gasteiger charge is 2.16. The van der Waals surface area contributed by atoms with Crippen molar-refractivity contribution < 1.29 is 9.53 Å². The molecule has 0 bridgehead atoms. The summed E-state index contributed by atoms with van der Waals surface area (Å²) < 4.78 is 8.85. The van der Waals surface area contributed by atoms with E-state index in [4.69, 9.17) is 21.3 Å². The number of fused-ring (bicyclic) bond motifs is 1. The van der Waals surface area contributed by atoms with Crippen molar-refractivity contribution >= 4 is 29.0 Å². The van der Waals surface area contributed by atoms with Crippen LogP contribution in [0, 0.1) is 0 Å². The minimum absolute atomic E-state index is 0.166. The summed E-state index contributed by atoms with van der Waals surface area (Å²) in [6.45, 7) is 2.87. The van der Waals surface area contributed by atoms with Crippen LogP contribution in [-0.2, 0) is 6.54 Å². The van der Waals surface area contributed by atoms with Crippen molar-refractivity contribution in [2.75, 3.05) is 12.4 Å². The highest BCUT2D eigenvalue weighted by Crippen LogP contribution is 2.25. The van der Waals surface area contributed by atoms with E-state index >= 15 is 0 Å². The lowest BCUT2D eigenvalue weighted by Crippen LogP contribution is -2.19. The fourth-order valence-electron chi connectivity index (χ4n) is 4.50. The first-order chi connectivity index (χ1) is 19.0. The Labute approximate surface area is 231 Å². The van der Waals surface area contributed by atoms with Gasteiger partial charge < -0.3 is 14.6 Å².